The van der Waals surface area contributed by atoms with E-state index in [9.17, 15) is 0 Å². The molecule has 3 heteroatoms. The summed E-state index contributed by atoms with van der Waals surface area (Å²) in [5.74, 6) is 0.913. The van der Waals surface area contributed by atoms with Crippen molar-refractivity contribution in [1.29, 1.82) is 0 Å². The van der Waals surface area contributed by atoms with Gasteiger partial charge in [-0.1, -0.05) is 19.9 Å². The third-order valence-corrected chi connectivity index (χ3v) is 3.22. The first-order valence-electron chi connectivity index (χ1n) is 7.46. The zero-order valence-electron chi connectivity index (χ0n) is 12.4. The van der Waals surface area contributed by atoms with Crippen molar-refractivity contribution in [2.75, 3.05) is 13.2 Å². The molecule has 1 aromatic heterocycles. The van der Waals surface area contributed by atoms with Gasteiger partial charge in [-0.2, -0.15) is 0 Å². The summed E-state index contributed by atoms with van der Waals surface area (Å²) in [7, 11) is 0. The maximum Gasteiger partial charge on any atom is 0.121 e. The molecule has 0 bridgehead atoms. The summed E-state index contributed by atoms with van der Waals surface area (Å²) in [5, 5.41) is 4.58. The molecule has 108 valence electrons. The molecule has 2 aromatic rings. The van der Waals surface area contributed by atoms with Gasteiger partial charge in [-0.25, -0.2) is 0 Å². The molecule has 1 heterocycles. The number of nitrogens with zero attached hydrogens (tertiary/aromatic N) is 1. The standard InChI is InChI=1S/C17H24N2O/c1-14(2)18-10-4-3-5-12-20-16-9-8-15-7-6-11-19-17(15)13-16/h6-9,11,13-14,18H,3-5,10,12H2,1-2H3. The Balaban J connectivity index is 1.68. The van der Waals surface area contributed by atoms with Crippen molar-refractivity contribution in [3.63, 3.8) is 0 Å². The van der Waals surface area contributed by atoms with E-state index in [1.54, 1.807) is 0 Å². The first-order valence-corrected chi connectivity index (χ1v) is 7.46. The van der Waals surface area contributed by atoms with Gasteiger partial charge in [0.1, 0.15) is 5.75 Å². The lowest BCUT2D eigenvalue weighted by atomic mass is 10.2. The normalized spacial score (nSPS) is 11.2. The van der Waals surface area contributed by atoms with E-state index in [1.807, 2.05) is 24.4 Å². The summed E-state index contributed by atoms with van der Waals surface area (Å²) in [6.45, 7) is 6.23. The van der Waals surface area contributed by atoms with Crippen LogP contribution in [0, 0.1) is 0 Å². The quantitative estimate of drug-likeness (QED) is 0.743. The van der Waals surface area contributed by atoms with Gasteiger partial charge in [0, 0.05) is 23.7 Å². The van der Waals surface area contributed by atoms with Crippen molar-refractivity contribution in [2.45, 2.75) is 39.2 Å². The van der Waals surface area contributed by atoms with Crippen molar-refractivity contribution < 1.29 is 4.74 Å². The van der Waals surface area contributed by atoms with Crippen LogP contribution in [0.4, 0.5) is 0 Å². The van der Waals surface area contributed by atoms with Gasteiger partial charge >= 0.3 is 0 Å². The Bertz CT molecular complexity index is 525. The fourth-order valence-corrected chi connectivity index (χ4v) is 2.12. The zero-order chi connectivity index (χ0) is 14.2. The number of fused-ring (bicyclic) bond motifs is 1. The number of hydrogen-bond donors (Lipinski definition) is 1. The predicted molar refractivity (Wildman–Crippen MR) is 84.2 cm³/mol. The van der Waals surface area contributed by atoms with Crippen molar-refractivity contribution >= 4 is 10.9 Å². The van der Waals surface area contributed by atoms with Crippen LogP contribution in [0.5, 0.6) is 5.75 Å². The fraction of sp³-hybridized carbons (Fsp3) is 0.471. The highest BCUT2D eigenvalue weighted by molar-refractivity contribution is 5.79. The van der Waals surface area contributed by atoms with Crippen molar-refractivity contribution in [3.8, 4) is 5.75 Å². The molecule has 0 unspecified atom stereocenters. The molecular formula is C17H24N2O. The zero-order valence-corrected chi connectivity index (χ0v) is 12.4. The molecule has 1 aromatic carbocycles. The second-order valence-electron chi connectivity index (χ2n) is 5.38. The van der Waals surface area contributed by atoms with Gasteiger partial charge in [0.05, 0.1) is 12.1 Å². The second kappa shape index (κ2) is 7.85. The van der Waals surface area contributed by atoms with Gasteiger partial charge in [-0.15, -0.1) is 0 Å². The molecule has 0 aliphatic heterocycles. The van der Waals surface area contributed by atoms with E-state index < -0.39 is 0 Å². The molecule has 1 N–H and O–H groups in total. The minimum Gasteiger partial charge on any atom is -0.494 e. The van der Waals surface area contributed by atoms with Crippen LogP contribution in [0.1, 0.15) is 33.1 Å². The van der Waals surface area contributed by atoms with Crippen molar-refractivity contribution in [1.82, 2.24) is 10.3 Å². The summed E-state index contributed by atoms with van der Waals surface area (Å²) in [6.07, 6.45) is 5.32. The smallest absolute Gasteiger partial charge is 0.121 e. The maximum atomic E-state index is 5.78. The van der Waals surface area contributed by atoms with E-state index in [4.69, 9.17) is 4.74 Å². The molecule has 0 spiro atoms. The lowest BCUT2D eigenvalue weighted by molar-refractivity contribution is 0.305. The SMILES string of the molecule is CC(C)NCCCCCOc1ccc2cccnc2c1. The fourth-order valence-electron chi connectivity index (χ4n) is 2.12. The topological polar surface area (TPSA) is 34.1 Å². The Morgan fingerprint density at radius 2 is 2.05 bits per heavy atom. The number of unbranched alkanes of at least 4 members (excludes halogenated alkanes) is 2. The minimum absolute atomic E-state index is 0.580. The van der Waals surface area contributed by atoms with Crippen LogP contribution in [0.25, 0.3) is 10.9 Å². The average Bonchev–Trinajstić information content (AvgIpc) is 2.46. The first kappa shape index (κ1) is 14.8. The summed E-state index contributed by atoms with van der Waals surface area (Å²) in [6, 6.07) is 10.7. The van der Waals surface area contributed by atoms with Gasteiger partial charge < -0.3 is 10.1 Å². The van der Waals surface area contributed by atoms with Crippen LogP contribution in [0.2, 0.25) is 0 Å². The Hall–Kier alpha value is -1.61. The Kier molecular flexibility index (Phi) is 5.81. The Morgan fingerprint density at radius 3 is 2.90 bits per heavy atom. The van der Waals surface area contributed by atoms with E-state index in [-0.39, 0.29) is 0 Å². The van der Waals surface area contributed by atoms with E-state index >= 15 is 0 Å². The van der Waals surface area contributed by atoms with Crippen LogP contribution in [0.15, 0.2) is 36.5 Å². The van der Waals surface area contributed by atoms with Gasteiger partial charge in [0.25, 0.3) is 0 Å². The summed E-state index contributed by atoms with van der Waals surface area (Å²) >= 11 is 0. The lowest BCUT2D eigenvalue weighted by Gasteiger charge is -2.09. The molecule has 0 radical (unpaired) electrons. The largest absolute Gasteiger partial charge is 0.494 e. The van der Waals surface area contributed by atoms with Crippen LogP contribution in [-0.4, -0.2) is 24.2 Å². The van der Waals surface area contributed by atoms with Crippen molar-refractivity contribution in [3.05, 3.63) is 36.5 Å². The molecule has 0 atom stereocenters. The van der Waals surface area contributed by atoms with Gasteiger partial charge in [-0.05, 0) is 44.0 Å². The number of aromatic nitrogens is 1. The number of rotatable bonds is 8. The summed E-state index contributed by atoms with van der Waals surface area (Å²) in [5.41, 5.74) is 0.992. The summed E-state index contributed by atoms with van der Waals surface area (Å²) in [4.78, 5) is 4.34. The molecule has 0 saturated carbocycles. The van der Waals surface area contributed by atoms with Crippen LogP contribution in [-0.2, 0) is 0 Å². The third kappa shape index (κ3) is 4.82. The van der Waals surface area contributed by atoms with Crippen LogP contribution >= 0.6 is 0 Å². The third-order valence-electron chi connectivity index (χ3n) is 3.22. The number of ether oxygens (including phenoxy) is 1. The van der Waals surface area contributed by atoms with E-state index in [0.29, 0.717) is 6.04 Å². The predicted octanol–water partition coefficient (Wildman–Crippen LogP) is 3.78. The van der Waals surface area contributed by atoms with Gasteiger partial charge in [0.2, 0.25) is 0 Å². The van der Waals surface area contributed by atoms with Gasteiger partial charge in [-0.3, -0.25) is 4.98 Å². The van der Waals surface area contributed by atoms with E-state index in [2.05, 4.69) is 36.3 Å². The summed E-state index contributed by atoms with van der Waals surface area (Å²) < 4.78 is 5.78. The molecule has 0 saturated heterocycles. The number of hydrogen-bond acceptors (Lipinski definition) is 3. The molecule has 0 aliphatic carbocycles. The highest BCUT2D eigenvalue weighted by Gasteiger charge is 1.98. The number of pyridine rings is 1. The van der Waals surface area contributed by atoms with E-state index in [0.717, 1.165) is 36.2 Å². The highest BCUT2D eigenvalue weighted by Crippen LogP contribution is 2.18. The monoisotopic (exact) mass is 272 g/mol. The van der Waals surface area contributed by atoms with E-state index in [1.165, 1.54) is 12.8 Å². The first-order chi connectivity index (χ1) is 9.75. The molecule has 2 rings (SSSR count). The average molecular weight is 272 g/mol. The van der Waals surface area contributed by atoms with Crippen molar-refractivity contribution in [2.24, 2.45) is 0 Å². The molecule has 0 amide bonds. The molecule has 0 aliphatic rings. The van der Waals surface area contributed by atoms with Crippen LogP contribution < -0.4 is 10.1 Å². The number of benzene rings is 1. The number of nitrogens with one attached hydrogen (secondary N) is 1. The molecular weight excluding hydrogens is 248 g/mol. The second-order valence-corrected chi connectivity index (χ2v) is 5.38. The highest BCUT2D eigenvalue weighted by atomic mass is 16.5. The Morgan fingerprint density at radius 1 is 1.15 bits per heavy atom. The molecule has 20 heavy (non-hydrogen) atoms. The Labute approximate surface area is 121 Å². The lowest BCUT2D eigenvalue weighted by Crippen LogP contribution is -2.23. The van der Waals surface area contributed by atoms with Gasteiger partial charge in [0.15, 0.2) is 0 Å². The maximum absolute atomic E-state index is 5.78. The molecule has 3 nitrogen and oxygen atoms in total. The molecule has 0 fully saturated rings. The minimum atomic E-state index is 0.580. The van der Waals surface area contributed by atoms with Crippen LogP contribution in [0.3, 0.4) is 0 Å².